The first-order valence-electron chi connectivity index (χ1n) is 7.32. The second-order valence-electron chi connectivity index (χ2n) is 5.29. The minimum Gasteiger partial charge on any atom is -0.468 e. The molecule has 3 atom stereocenters. The maximum absolute atomic E-state index is 12.2. The van der Waals surface area contributed by atoms with Gasteiger partial charge in [0, 0.05) is 13.7 Å². The third-order valence-electron chi connectivity index (χ3n) is 3.82. The zero-order valence-corrected chi connectivity index (χ0v) is 13.0. The Hall–Kier alpha value is -1.47. The van der Waals surface area contributed by atoms with Gasteiger partial charge in [-0.3, -0.25) is 9.69 Å². The lowest BCUT2D eigenvalue weighted by Crippen LogP contribution is -2.56. The molecule has 0 aromatic heterocycles. The second kappa shape index (κ2) is 8.24. The largest absolute Gasteiger partial charge is 0.468 e. The Morgan fingerprint density at radius 2 is 2.09 bits per heavy atom. The average Bonchev–Trinajstić information content (AvgIpc) is 2.59. The molecule has 6 heteroatoms. The highest BCUT2D eigenvalue weighted by Gasteiger charge is 2.35. The fourth-order valence-corrected chi connectivity index (χ4v) is 2.65. The van der Waals surface area contributed by atoms with Crippen LogP contribution in [0.15, 0.2) is 30.3 Å². The van der Waals surface area contributed by atoms with Crippen molar-refractivity contribution >= 4 is 5.97 Å². The number of methoxy groups -OCH3 is 2. The monoisotopic (exact) mass is 309 g/mol. The number of rotatable bonds is 6. The summed E-state index contributed by atoms with van der Waals surface area (Å²) in [6.07, 6.45) is -0.294. The van der Waals surface area contributed by atoms with Crippen LogP contribution in [0.5, 0.6) is 0 Å². The van der Waals surface area contributed by atoms with E-state index in [1.165, 1.54) is 7.11 Å². The molecular weight excluding hydrogens is 286 g/mol. The van der Waals surface area contributed by atoms with Crippen molar-refractivity contribution in [3.8, 4) is 0 Å². The van der Waals surface area contributed by atoms with Gasteiger partial charge in [0.15, 0.2) is 6.29 Å². The Morgan fingerprint density at radius 3 is 2.68 bits per heavy atom. The van der Waals surface area contributed by atoms with E-state index in [2.05, 4.69) is 0 Å². The summed E-state index contributed by atoms with van der Waals surface area (Å²) >= 11 is 0. The van der Waals surface area contributed by atoms with Gasteiger partial charge < -0.3 is 19.3 Å². The van der Waals surface area contributed by atoms with Crippen molar-refractivity contribution in [1.82, 2.24) is 4.90 Å². The van der Waals surface area contributed by atoms with Crippen LogP contribution >= 0.6 is 0 Å². The van der Waals surface area contributed by atoms with E-state index in [0.717, 1.165) is 5.56 Å². The highest BCUT2D eigenvalue weighted by atomic mass is 16.7. The molecule has 1 aromatic rings. The molecule has 6 nitrogen and oxygen atoms in total. The first-order chi connectivity index (χ1) is 10.7. The van der Waals surface area contributed by atoms with Crippen LogP contribution in [-0.4, -0.2) is 68.3 Å². The summed E-state index contributed by atoms with van der Waals surface area (Å²) in [7, 11) is 2.94. The van der Waals surface area contributed by atoms with Crippen molar-refractivity contribution in [3.63, 3.8) is 0 Å². The number of aliphatic hydroxyl groups is 1. The van der Waals surface area contributed by atoms with Crippen molar-refractivity contribution < 1.29 is 24.1 Å². The van der Waals surface area contributed by atoms with Gasteiger partial charge in [-0.2, -0.15) is 0 Å². The number of carbonyl (C=O) groups is 1. The summed E-state index contributed by atoms with van der Waals surface area (Å²) in [5, 5.41) is 9.37. The molecule has 1 N–H and O–H groups in total. The van der Waals surface area contributed by atoms with Crippen molar-refractivity contribution in [2.75, 3.05) is 33.9 Å². The molecule has 1 aromatic carbocycles. The maximum atomic E-state index is 12.2. The molecule has 0 aliphatic carbocycles. The van der Waals surface area contributed by atoms with Gasteiger partial charge in [-0.1, -0.05) is 30.3 Å². The van der Waals surface area contributed by atoms with Gasteiger partial charge in [0.05, 0.1) is 26.4 Å². The minimum absolute atomic E-state index is 0.115. The Kier molecular flexibility index (Phi) is 6.33. The smallest absolute Gasteiger partial charge is 0.323 e. The lowest BCUT2D eigenvalue weighted by Gasteiger charge is -2.39. The molecule has 1 aliphatic rings. The van der Waals surface area contributed by atoms with E-state index >= 15 is 0 Å². The number of nitrogens with zero attached hydrogens (tertiary/aromatic N) is 1. The Morgan fingerprint density at radius 1 is 1.36 bits per heavy atom. The fraction of sp³-hybridized carbons (Fsp3) is 0.562. The molecule has 0 bridgehead atoms. The Balaban J connectivity index is 2.15. The standard InChI is InChI=1S/C16H23NO5/c1-20-15-10-17(9-13(11-18)22-15)14(16(19)21-2)8-12-6-4-3-5-7-12/h3-7,13-15,18H,8-11H2,1-2H3/t13-,14-,15-/m0/s1. The van der Waals surface area contributed by atoms with Crippen molar-refractivity contribution in [3.05, 3.63) is 35.9 Å². The average molecular weight is 309 g/mol. The molecule has 0 amide bonds. The number of hydrogen-bond donors (Lipinski definition) is 1. The van der Waals surface area contributed by atoms with Crippen LogP contribution in [0, 0.1) is 0 Å². The zero-order valence-electron chi connectivity index (χ0n) is 13.0. The van der Waals surface area contributed by atoms with Gasteiger partial charge in [-0.15, -0.1) is 0 Å². The molecule has 0 unspecified atom stereocenters. The normalized spacial score (nSPS) is 24.0. The molecule has 0 saturated carbocycles. The molecule has 22 heavy (non-hydrogen) atoms. The van der Waals surface area contributed by atoms with Gasteiger partial charge in [0.1, 0.15) is 6.04 Å². The van der Waals surface area contributed by atoms with E-state index in [-0.39, 0.29) is 18.7 Å². The van der Waals surface area contributed by atoms with Crippen LogP contribution in [0.3, 0.4) is 0 Å². The lowest BCUT2D eigenvalue weighted by atomic mass is 10.0. The van der Waals surface area contributed by atoms with E-state index in [1.807, 2.05) is 35.2 Å². The summed E-state index contributed by atoms with van der Waals surface area (Å²) in [5.74, 6) is -0.294. The molecule has 2 rings (SSSR count). The fourth-order valence-electron chi connectivity index (χ4n) is 2.65. The summed E-state index contributed by atoms with van der Waals surface area (Å²) in [6.45, 7) is 0.804. The topological polar surface area (TPSA) is 68.2 Å². The number of aliphatic hydroxyl groups excluding tert-OH is 1. The van der Waals surface area contributed by atoms with E-state index < -0.39 is 12.3 Å². The highest BCUT2D eigenvalue weighted by Crippen LogP contribution is 2.18. The number of carbonyl (C=O) groups excluding carboxylic acids is 1. The number of ether oxygens (including phenoxy) is 3. The number of morpholine rings is 1. The Labute approximate surface area is 130 Å². The predicted molar refractivity (Wildman–Crippen MR) is 80.3 cm³/mol. The lowest BCUT2D eigenvalue weighted by molar-refractivity contribution is -0.213. The van der Waals surface area contributed by atoms with Gasteiger partial charge >= 0.3 is 5.97 Å². The molecular formula is C16H23NO5. The van der Waals surface area contributed by atoms with E-state index in [4.69, 9.17) is 14.2 Å². The maximum Gasteiger partial charge on any atom is 0.323 e. The van der Waals surface area contributed by atoms with Gasteiger partial charge in [0.25, 0.3) is 0 Å². The van der Waals surface area contributed by atoms with E-state index in [9.17, 15) is 9.90 Å². The van der Waals surface area contributed by atoms with Crippen molar-refractivity contribution in [1.29, 1.82) is 0 Å². The van der Waals surface area contributed by atoms with Gasteiger partial charge in [-0.05, 0) is 12.0 Å². The summed E-state index contributed by atoms with van der Waals surface area (Å²) in [4.78, 5) is 14.2. The minimum atomic E-state index is -0.464. The Bertz CT molecular complexity index is 455. The molecule has 1 aliphatic heterocycles. The zero-order chi connectivity index (χ0) is 15.9. The van der Waals surface area contributed by atoms with Gasteiger partial charge in [0.2, 0.25) is 0 Å². The van der Waals surface area contributed by atoms with Crippen LogP contribution in [-0.2, 0) is 25.4 Å². The first-order valence-corrected chi connectivity index (χ1v) is 7.32. The number of hydrogen-bond acceptors (Lipinski definition) is 6. The van der Waals surface area contributed by atoms with Crippen LogP contribution in [0.2, 0.25) is 0 Å². The summed E-state index contributed by atoms with van der Waals surface area (Å²) < 4.78 is 15.8. The number of benzene rings is 1. The third-order valence-corrected chi connectivity index (χ3v) is 3.82. The third kappa shape index (κ3) is 4.27. The second-order valence-corrected chi connectivity index (χ2v) is 5.29. The van der Waals surface area contributed by atoms with E-state index in [0.29, 0.717) is 19.5 Å². The van der Waals surface area contributed by atoms with E-state index in [1.54, 1.807) is 7.11 Å². The summed E-state index contributed by atoms with van der Waals surface area (Å²) in [5.41, 5.74) is 1.05. The molecule has 1 saturated heterocycles. The van der Waals surface area contributed by atoms with Crippen LogP contribution in [0.4, 0.5) is 0 Å². The van der Waals surface area contributed by atoms with Crippen LogP contribution < -0.4 is 0 Å². The summed E-state index contributed by atoms with van der Waals surface area (Å²) in [6, 6.07) is 9.35. The number of esters is 1. The SMILES string of the molecule is COC(=O)[C@H](Cc1ccccc1)N1C[C@@H](CO)O[C@H](OC)C1. The molecule has 0 radical (unpaired) electrons. The molecule has 122 valence electrons. The first kappa shape index (κ1) is 16.9. The molecule has 1 heterocycles. The van der Waals surface area contributed by atoms with Crippen molar-refractivity contribution in [2.45, 2.75) is 24.9 Å². The predicted octanol–water partition coefficient (Wildman–Crippen LogP) is 0.436. The van der Waals surface area contributed by atoms with Crippen LogP contribution in [0.25, 0.3) is 0 Å². The molecule has 1 fully saturated rings. The van der Waals surface area contributed by atoms with Crippen molar-refractivity contribution in [2.24, 2.45) is 0 Å². The highest BCUT2D eigenvalue weighted by molar-refractivity contribution is 5.76. The molecule has 0 spiro atoms. The quantitative estimate of drug-likeness (QED) is 0.769. The van der Waals surface area contributed by atoms with Crippen LogP contribution in [0.1, 0.15) is 5.56 Å². The van der Waals surface area contributed by atoms with Gasteiger partial charge in [-0.25, -0.2) is 0 Å².